The summed E-state index contributed by atoms with van der Waals surface area (Å²) >= 11 is 7.38. The van der Waals surface area contributed by atoms with Gasteiger partial charge in [-0.05, 0) is 23.8 Å². The van der Waals surface area contributed by atoms with Crippen molar-refractivity contribution in [2.75, 3.05) is 7.11 Å². The van der Waals surface area contributed by atoms with Gasteiger partial charge in [0, 0.05) is 16.2 Å². The molecule has 0 fully saturated rings. The minimum atomic E-state index is -0.649. The molecule has 0 bridgehead atoms. The van der Waals surface area contributed by atoms with E-state index < -0.39 is 5.97 Å². The molecule has 0 aliphatic rings. The molecule has 0 amide bonds. The Balaban J connectivity index is 2.09. The number of halogens is 1. The number of aromatic nitrogens is 1. The molecule has 3 rings (SSSR count). The zero-order valence-corrected chi connectivity index (χ0v) is 14.4. The second kappa shape index (κ2) is 7.11. The number of H-pyrrole nitrogens is 1. The molecule has 0 unspecified atom stereocenters. The minimum Gasteiger partial charge on any atom is -0.465 e. The third kappa shape index (κ3) is 3.32. The van der Waals surface area contributed by atoms with Crippen LogP contribution in [0.15, 0.2) is 58.4 Å². The number of benzene rings is 2. The van der Waals surface area contributed by atoms with E-state index in [2.05, 4.69) is 4.98 Å². The number of carbonyl (C=O) groups is 1. The van der Waals surface area contributed by atoms with Crippen molar-refractivity contribution in [1.82, 2.24) is 4.98 Å². The lowest BCUT2D eigenvalue weighted by atomic mass is 10.1. The molecule has 4 nitrogen and oxygen atoms in total. The monoisotopic (exact) mass is 359 g/mol. The Morgan fingerprint density at radius 3 is 2.67 bits per heavy atom. The predicted molar refractivity (Wildman–Crippen MR) is 96.9 cm³/mol. The first-order valence-corrected chi connectivity index (χ1v) is 8.57. The number of thioether (sulfide) groups is 1. The number of esters is 1. The Morgan fingerprint density at radius 1 is 1.21 bits per heavy atom. The Kier molecular flexibility index (Phi) is 4.92. The van der Waals surface area contributed by atoms with Gasteiger partial charge < -0.3 is 9.72 Å². The van der Waals surface area contributed by atoms with Crippen LogP contribution in [0.25, 0.3) is 10.9 Å². The number of methoxy groups -OCH3 is 1. The van der Waals surface area contributed by atoms with Gasteiger partial charge in [0.15, 0.2) is 0 Å². The fourth-order valence-corrected chi connectivity index (χ4v) is 3.54. The van der Waals surface area contributed by atoms with Crippen molar-refractivity contribution in [3.05, 3.63) is 74.9 Å². The van der Waals surface area contributed by atoms with Gasteiger partial charge in [-0.3, -0.25) is 4.79 Å². The summed E-state index contributed by atoms with van der Waals surface area (Å²) in [4.78, 5) is 27.9. The standard InChI is InChI=1S/C18H14ClNO3S/c1-23-18(22)15-16(21)13-8-7-12(19)9-14(13)20-17(15)24-10-11-5-3-2-4-6-11/h2-9H,10H2,1H3,(H,20,21). The molecule has 1 heterocycles. The summed E-state index contributed by atoms with van der Waals surface area (Å²) in [5, 5.41) is 1.40. The van der Waals surface area contributed by atoms with E-state index in [0.29, 0.717) is 26.7 Å². The van der Waals surface area contributed by atoms with Crippen molar-refractivity contribution in [3.63, 3.8) is 0 Å². The molecule has 0 atom stereocenters. The number of aromatic amines is 1. The summed E-state index contributed by atoms with van der Waals surface area (Å²) in [6.07, 6.45) is 0. The van der Waals surface area contributed by atoms with Crippen molar-refractivity contribution in [2.45, 2.75) is 10.8 Å². The number of hydrogen-bond acceptors (Lipinski definition) is 4. The topological polar surface area (TPSA) is 59.2 Å². The molecule has 122 valence electrons. The fraction of sp³-hybridized carbons (Fsp3) is 0.111. The maximum atomic E-state index is 12.7. The normalized spacial score (nSPS) is 10.8. The Labute approximate surface area is 147 Å². The summed E-state index contributed by atoms with van der Waals surface area (Å²) in [5.41, 5.74) is 1.34. The Hall–Kier alpha value is -2.24. The summed E-state index contributed by atoms with van der Waals surface area (Å²) in [5.74, 6) is -0.0315. The maximum Gasteiger partial charge on any atom is 0.344 e. The van der Waals surface area contributed by atoms with Crippen molar-refractivity contribution >= 4 is 40.2 Å². The van der Waals surface area contributed by atoms with Crippen molar-refractivity contribution < 1.29 is 9.53 Å². The highest BCUT2D eigenvalue weighted by molar-refractivity contribution is 7.98. The molecule has 0 aliphatic carbocycles. The van der Waals surface area contributed by atoms with Gasteiger partial charge in [0.05, 0.1) is 17.7 Å². The van der Waals surface area contributed by atoms with Crippen LogP contribution in [0, 0.1) is 0 Å². The molecule has 2 aromatic carbocycles. The Bertz CT molecular complexity index is 954. The van der Waals surface area contributed by atoms with E-state index in [1.54, 1.807) is 18.2 Å². The van der Waals surface area contributed by atoms with Crippen LogP contribution in [0.1, 0.15) is 15.9 Å². The molecule has 0 spiro atoms. The molecule has 0 saturated carbocycles. The Morgan fingerprint density at radius 2 is 1.96 bits per heavy atom. The van der Waals surface area contributed by atoms with Crippen LogP contribution in [0.4, 0.5) is 0 Å². The van der Waals surface area contributed by atoms with Crippen LogP contribution in [-0.4, -0.2) is 18.1 Å². The van der Waals surface area contributed by atoms with E-state index >= 15 is 0 Å². The number of fused-ring (bicyclic) bond motifs is 1. The SMILES string of the molecule is COC(=O)c1c(SCc2ccccc2)[nH]c2cc(Cl)ccc2c1=O. The predicted octanol–water partition coefficient (Wildman–Crippen LogP) is 4.26. The second-order valence-electron chi connectivity index (χ2n) is 5.11. The molecule has 3 aromatic rings. The quantitative estimate of drug-likeness (QED) is 0.558. The average molecular weight is 360 g/mol. The zero-order chi connectivity index (χ0) is 17.1. The fourth-order valence-electron chi connectivity index (χ4n) is 2.37. The van der Waals surface area contributed by atoms with E-state index in [9.17, 15) is 9.59 Å². The van der Waals surface area contributed by atoms with Gasteiger partial charge in [0.25, 0.3) is 0 Å². The van der Waals surface area contributed by atoms with Crippen LogP contribution in [0.3, 0.4) is 0 Å². The van der Waals surface area contributed by atoms with Gasteiger partial charge >= 0.3 is 5.97 Å². The number of carbonyl (C=O) groups excluding carboxylic acids is 1. The number of rotatable bonds is 4. The van der Waals surface area contributed by atoms with E-state index in [0.717, 1.165) is 5.56 Å². The largest absolute Gasteiger partial charge is 0.465 e. The third-order valence-corrected chi connectivity index (χ3v) is 4.85. The van der Waals surface area contributed by atoms with Crippen LogP contribution in [-0.2, 0) is 10.5 Å². The molecule has 0 radical (unpaired) electrons. The molecule has 1 N–H and O–H groups in total. The number of ether oxygens (including phenoxy) is 1. The van der Waals surface area contributed by atoms with Gasteiger partial charge in [0.1, 0.15) is 5.56 Å². The van der Waals surface area contributed by atoms with Crippen LogP contribution in [0.2, 0.25) is 5.02 Å². The van der Waals surface area contributed by atoms with Gasteiger partial charge in [0.2, 0.25) is 5.43 Å². The third-order valence-electron chi connectivity index (χ3n) is 3.54. The number of hydrogen-bond donors (Lipinski definition) is 1. The minimum absolute atomic E-state index is 0.0215. The summed E-state index contributed by atoms with van der Waals surface area (Å²) in [6.45, 7) is 0. The van der Waals surface area contributed by atoms with E-state index in [1.165, 1.54) is 18.9 Å². The smallest absolute Gasteiger partial charge is 0.344 e. The van der Waals surface area contributed by atoms with Crippen LogP contribution >= 0.6 is 23.4 Å². The summed E-state index contributed by atoms with van der Waals surface area (Å²) in [6, 6.07) is 14.7. The van der Waals surface area contributed by atoms with Crippen molar-refractivity contribution in [3.8, 4) is 0 Å². The lowest BCUT2D eigenvalue weighted by molar-refractivity contribution is 0.0594. The lowest BCUT2D eigenvalue weighted by Gasteiger charge is -2.10. The van der Waals surface area contributed by atoms with E-state index in [1.807, 2.05) is 30.3 Å². The highest BCUT2D eigenvalue weighted by Crippen LogP contribution is 2.26. The van der Waals surface area contributed by atoms with Gasteiger partial charge in [-0.15, -0.1) is 11.8 Å². The second-order valence-corrected chi connectivity index (χ2v) is 6.54. The first-order chi connectivity index (χ1) is 11.6. The van der Waals surface area contributed by atoms with Crippen molar-refractivity contribution in [2.24, 2.45) is 0 Å². The summed E-state index contributed by atoms with van der Waals surface area (Å²) < 4.78 is 4.78. The van der Waals surface area contributed by atoms with Gasteiger partial charge in [-0.2, -0.15) is 0 Å². The first kappa shape index (κ1) is 16.6. The molecular weight excluding hydrogens is 346 g/mol. The molecule has 1 aromatic heterocycles. The molecule has 24 heavy (non-hydrogen) atoms. The lowest BCUT2D eigenvalue weighted by Crippen LogP contribution is -2.19. The molecular formula is C18H14ClNO3S. The zero-order valence-electron chi connectivity index (χ0n) is 12.8. The van der Waals surface area contributed by atoms with Crippen molar-refractivity contribution in [1.29, 1.82) is 0 Å². The van der Waals surface area contributed by atoms with E-state index in [-0.39, 0.29) is 11.0 Å². The highest BCUT2D eigenvalue weighted by atomic mass is 35.5. The van der Waals surface area contributed by atoms with Gasteiger partial charge in [-0.25, -0.2) is 4.79 Å². The summed E-state index contributed by atoms with van der Waals surface area (Å²) in [7, 11) is 1.26. The molecule has 0 saturated heterocycles. The highest BCUT2D eigenvalue weighted by Gasteiger charge is 2.20. The van der Waals surface area contributed by atoms with E-state index in [4.69, 9.17) is 16.3 Å². The number of nitrogens with one attached hydrogen (secondary N) is 1. The van der Waals surface area contributed by atoms with Gasteiger partial charge in [-0.1, -0.05) is 41.9 Å². The maximum absolute atomic E-state index is 12.7. The molecule has 6 heteroatoms. The van der Waals surface area contributed by atoms with Crippen LogP contribution in [0.5, 0.6) is 0 Å². The molecule has 0 aliphatic heterocycles. The van der Waals surface area contributed by atoms with Crippen LogP contribution < -0.4 is 5.43 Å². The number of pyridine rings is 1. The average Bonchev–Trinajstić information content (AvgIpc) is 2.60. The first-order valence-electron chi connectivity index (χ1n) is 7.20.